The number of hydrogen-bond donors (Lipinski definition) is 0. The molecule has 5 heteroatoms. The lowest BCUT2D eigenvalue weighted by Gasteiger charge is -2.21. The molecule has 2 aliphatic carbocycles. The molecule has 0 atom stereocenters. The van der Waals surface area contributed by atoms with Gasteiger partial charge in [0.1, 0.15) is 6.10 Å². The van der Waals surface area contributed by atoms with Crippen molar-refractivity contribution in [3.8, 4) is 0 Å². The Labute approximate surface area is 157 Å². The Hall–Kier alpha value is -1.39. The van der Waals surface area contributed by atoms with Crippen LogP contribution >= 0.6 is 0 Å². The molecular weight excluding hydrogens is 332 g/mol. The van der Waals surface area contributed by atoms with E-state index in [1.807, 2.05) is 0 Å². The number of ether oxygens (including phenoxy) is 2. The first-order chi connectivity index (χ1) is 12.6. The minimum Gasteiger partial charge on any atom is -0.462 e. The van der Waals surface area contributed by atoms with E-state index in [4.69, 9.17) is 9.47 Å². The molecule has 26 heavy (non-hydrogen) atoms. The fraction of sp³-hybridized carbons (Fsp3) is 0.857. The van der Waals surface area contributed by atoms with E-state index in [1.165, 1.54) is 12.8 Å². The van der Waals surface area contributed by atoms with Gasteiger partial charge < -0.3 is 9.47 Å². The van der Waals surface area contributed by atoms with Crippen molar-refractivity contribution in [3.63, 3.8) is 0 Å². The van der Waals surface area contributed by atoms with E-state index in [0.29, 0.717) is 12.8 Å². The molecule has 0 spiro atoms. The minimum atomic E-state index is -0.405. The quantitative estimate of drug-likeness (QED) is 0.331. The number of hydrogen-bond acceptors (Lipinski definition) is 5. The predicted octanol–water partition coefficient (Wildman–Crippen LogP) is 4.85. The minimum absolute atomic E-state index is 0.0807. The van der Waals surface area contributed by atoms with Gasteiger partial charge in [0.05, 0.1) is 5.92 Å². The molecule has 0 N–H and O–H groups in total. The Morgan fingerprint density at radius 1 is 0.654 bits per heavy atom. The van der Waals surface area contributed by atoms with Gasteiger partial charge in [-0.1, -0.05) is 38.5 Å². The zero-order chi connectivity index (χ0) is 18.6. The maximum atomic E-state index is 11.9. The highest BCUT2D eigenvalue weighted by atomic mass is 16.6. The molecule has 5 nitrogen and oxygen atoms in total. The van der Waals surface area contributed by atoms with Crippen LogP contribution in [0.15, 0.2) is 0 Å². The predicted molar refractivity (Wildman–Crippen MR) is 98.3 cm³/mol. The summed E-state index contributed by atoms with van der Waals surface area (Å²) in [6, 6.07) is 0. The van der Waals surface area contributed by atoms with Crippen LogP contribution in [0, 0.1) is 5.92 Å². The standard InChI is InChI=1S/C21H34O5/c22-19(25-18-13-7-4-8-14-18)15-9-1-2-10-16-20(23)26-21(24)17-11-5-3-6-12-17/h17-18H,1-16H2. The van der Waals surface area contributed by atoms with Crippen LogP contribution in [0.25, 0.3) is 0 Å². The summed E-state index contributed by atoms with van der Waals surface area (Å²) in [5.41, 5.74) is 0. The van der Waals surface area contributed by atoms with Gasteiger partial charge in [-0.05, 0) is 51.4 Å². The summed E-state index contributed by atoms with van der Waals surface area (Å²) in [6.07, 6.45) is 14.7. The lowest BCUT2D eigenvalue weighted by atomic mass is 9.89. The molecule has 0 unspecified atom stereocenters. The molecule has 0 aromatic rings. The first-order valence-electron chi connectivity index (χ1n) is 10.6. The Kier molecular flexibility index (Phi) is 9.72. The molecule has 2 rings (SSSR count). The van der Waals surface area contributed by atoms with Gasteiger partial charge >= 0.3 is 17.9 Å². The van der Waals surface area contributed by atoms with Gasteiger partial charge in [0.2, 0.25) is 0 Å². The van der Waals surface area contributed by atoms with E-state index in [0.717, 1.165) is 70.6 Å². The lowest BCUT2D eigenvalue weighted by molar-refractivity contribution is -0.163. The molecule has 148 valence electrons. The molecule has 0 aromatic heterocycles. The van der Waals surface area contributed by atoms with Crippen molar-refractivity contribution in [2.45, 2.75) is 109 Å². The number of unbranched alkanes of at least 4 members (excludes halogenated alkanes) is 3. The number of carbonyl (C=O) groups excluding carboxylic acids is 3. The fourth-order valence-corrected chi connectivity index (χ4v) is 3.90. The second-order valence-electron chi connectivity index (χ2n) is 7.79. The Morgan fingerprint density at radius 2 is 1.19 bits per heavy atom. The van der Waals surface area contributed by atoms with Crippen molar-refractivity contribution in [1.29, 1.82) is 0 Å². The van der Waals surface area contributed by atoms with E-state index in [1.54, 1.807) is 0 Å². The third-order valence-electron chi connectivity index (χ3n) is 5.52. The smallest absolute Gasteiger partial charge is 0.316 e. The van der Waals surface area contributed by atoms with Crippen molar-refractivity contribution >= 4 is 17.9 Å². The summed E-state index contributed by atoms with van der Waals surface area (Å²) in [4.78, 5) is 35.4. The molecule has 2 saturated carbocycles. The zero-order valence-electron chi connectivity index (χ0n) is 16.0. The van der Waals surface area contributed by atoms with Crippen molar-refractivity contribution < 1.29 is 23.9 Å². The topological polar surface area (TPSA) is 69.7 Å². The first kappa shape index (κ1) is 20.9. The molecule has 0 saturated heterocycles. The average molecular weight is 366 g/mol. The summed E-state index contributed by atoms with van der Waals surface area (Å²) in [5, 5.41) is 0. The van der Waals surface area contributed by atoms with Crippen LogP contribution in [0.2, 0.25) is 0 Å². The maximum Gasteiger partial charge on any atom is 0.316 e. The highest BCUT2D eigenvalue weighted by molar-refractivity contribution is 5.86. The lowest BCUT2D eigenvalue weighted by Crippen LogP contribution is -2.23. The number of carbonyl (C=O) groups is 3. The van der Waals surface area contributed by atoms with Crippen molar-refractivity contribution in [2.75, 3.05) is 0 Å². The SMILES string of the molecule is O=C(CCCCCCC(=O)OC1CCCCC1)OC(=O)C1CCCCC1. The van der Waals surface area contributed by atoms with E-state index in [9.17, 15) is 14.4 Å². The normalized spacial score (nSPS) is 19.1. The molecule has 2 fully saturated rings. The third-order valence-corrected chi connectivity index (χ3v) is 5.52. The molecule has 0 aromatic carbocycles. The summed E-state index contributed by atoms with van der Waals surface area (Å²) in [5.74, 6) is -0.908. The van der Waals surface area contributed by atoms with E-state index >= 15 is 0 Å². The number of rotatable bonds is 9. The third kappa shape index (κ3) is 8.33. The summed E-state index contributed by atoms with van der Waals surface area (Å²) < 4.78 is 10.5. The first-order valence-corrected chi connectivity index (χ1v) is 10.6. The highest BCUT2D eigenvalue weighted by Gasteiger charge is 2.24. The fourth-order valence-electron chi connectivity index (χ4n) is 3.90. The molecule has 0 aliphatic heterocycles. The molecule has 0 radical (unpaired) electrons. The zero-order valence-corrected chi connectivity index (χ0v) is 16.0. The molecule has 2 aliphatic rings. The van der Waals surface area contributed by atoms with Crippen molar-refractivity contribution in [3.05, 3.63) is 0 Å². The largest absolute Gasteiger partial charge is 0.462 e. The Bertz CT molecular complexity index is 447. The molecular formula is C21H34O5. The van der Waals surface area contributed by atoms with Gasteiger partial charge in [-0.25, -0.2) is 0 Å². The van der Waals surface area contributed by atoms with Crippen LogP contribution in [-0.2, 0) is 23.9 Å². The van der Waals surface area contributed by atoms with Crippen molar-refractivity contribution in [2.24, 2.45) is 5.92 Å². The van der Waals surface area contributed by atoms with E-state index < -0.39 is 5.97 Å². The van der Waals surface area contributed by atoms with E-state index in [-0.39, 0.29) is 30.4 Å². The molecule has 0 amide bonds. The van der Waals surface area contributed by atoms with Gasteiger partial charge in [-0.15, -0.1) is 0 Å². The number of esters is 3. The van der Waals surface area contributed by atoms with Gasteiger partial charge in [0.15, 0.2) is 0 Å². The van der Waals surface area contributed by atoms with E-state index in [2.05, 4.69) is 0 Å². The summed E-state index contributed by atoms with van der Waals surface area (Å²) in [7, 11) is 0. The van der Waals surface area contributed by atoms with Crippen LogP contribution < -0.4 is 0 Å². The van der Waals surface area contributed by atoms with Gasteiger partial charge in [-0.3, -0.25) is 14.4 Å². The summed E-state index contributed by atoms with van der Waals surface area (Å²) in [6.45, 7) is 0. The van der Waals surface area contributed by atoms with Crippen LogP contribution in [0.1, 0.15) is 103 Å². The molecule has 0 bridgehead atoms. The maximum absolute atomic E-state index is 11.9. The monoisotopic (exact) mass is 366 g/mol. The van der Waals surface area contributed by atoms with Crippen molar-refractivity contribution in [1.82, 2.24) is 0 Å². The van der Waals surface area contributed by atoms with Gasteiger partial charge in [0.25, 0.3) is 0 Å². The second kappa shape index (κ2) is 12.1. The van der Waals surface area contributed by atoms with Crippen LogP contribution in [0.4, 0.5) is 0 Å². The highest BCUT2D eigenvalue weighted by Crippen LogP contribution is 2.25. The summed E-state index contributed by atoms with van der Waals surface area (Å²) >= 11 is 0. The Morgan fingerprint density at radius 3 is 1.81 bits per heavy atom. The average Bonchev–Trinajstić information content (AvgIpc) is 2.66. The van der Waals surface area contributed by atoms with Gasteiger partial charge in [0, 0.05) is 12.8 Å². The second-order valence-corrected chi connectivity index (χ2v) is 7.79. The van der Waals surface area contributed by atoms with Crippen LogP contribution in [0.5, 0.6) is 0 Å². The molecule has 0 heterocycles. The van der Waals surface area contributed by atoms with Crippen LogP contribution in [-0.4, -0.2) is 24.0 Å². The Balaban J connectivity index is 1.44. The van der Waals surface area contributed by atoms with Gasteiger partial charge in [-0.2, -0.15) is 0 Å². The van der Waals surface area contributed by atoms with Crippen LogP contribution in [0.3, 0.4) is 0 Å².